The number of benzene rings is 2. The van der Waals surface area contributed by atoms with E-state index < -0.39 is 0 Å². The zero-order valence-corrected chi connectivity index (χ0v) is 13.6. The first-order valence-corrected chi connectivity index (χ1v) is 7.98. The second-order valence-electron chi connectivity index (χ2n) is 5.26. The molecule has 106 valence electrons. The molecule has 0 saturated carbocycles. The molecule has 1 nitrogen and oxygen atoms in total. The predicted octanol–water partition coefficient (Wildman–Crippen LogP) is 5.30. The molecule has 0 bridgehead atoms. The van der Waals surface area contributed by atoms with Crippen LogP contribution in [0.5, 0.6) is 0 Å². The van der Waals surface area contributed by atoms with Crippen LogP contribution in [0.25, 0.3) is 0 Å². The smallest absolute Gasteiger partial charge is 0.0505 e. The Bertz CT molecular complexity index is 577. The summed E-state index contributed by atoms with van der Waals surface area (Å²) in [4.78, 5) is 5.01. The lowest BCUT2D eigenvalue weighted by Crippen LogP contribution is -2.18. The predicted molar refractivity (Wildman–Crippen MR) is 90.0 cm³/mol. The molecule has 0 N–H and O–H groups in total. The van der Waals surface area contributed by atoms with Gasteiger partial charge in [-0.3, -0.25) is 0 Å². The van der Waals surface area contributed by atoms with E-state index in [-0.39, 0.29) is 0 Å². The van der Waals surface area contributed by atoms with Gasteiger partial charge < -0.3 is 4.90 Å². The highest BCUT2D eigenvalue weighted by molar-refractivity contribution is 7.99. The number of anilines is 1. The molecule has 2 aromatic carbocycles. The fourth-order valence-corrected chi connectivity index (χ4v) is 3.41. The Balaban J connectivity index is 2.29. The molecule has 2 rings (SSSR count). The first kappa shape index (κ1) is 15.0. The van der Waals surface area contributed by atoms with E-state index in [1.807, 2.05) is 11.8 Å². The zero-order valence-electron chi connectivity index (χ0n) is 12.8. The minimum absolute atomic E-state index is 1.09. The van der Waals surface area contributed by atoms with Crippen LogP contribution in [-0.4, -0.2) is 13.6 Å². The standard InChI is InChI=1S/C18H23NS/c1-5-12-19(4)16-8-6-7-9-18(16)20-17-11-10-14(2)13-15(17)3/h6-11,13H,5,12H2,1-4H3. The Morgan fingerprint density at radius 3 is 2.45 bits per heavy atom. The minimum atomic E-state index is 1.09. The molecule has 0 aromatic heterocycles. The molecule has 0 unspecified atom stereocenters. The number of rotatable bonds is 5. The Labute approximate surface area is 127 Å². The van der Waals surface area contributed by atoms with Crippen molar-refractivity contribution in [1.29, 1.82) is 0 Å². The van der Waals surface area contributed by atoms with Gasteiger partial charge in [0, 0.05) is 23.4 Å². The third-order valence-corrected chi connectivity index (χ3v) is 4.63. The number of hydrogen-bond acceptors (Lipinski definition) is 2. The largest absolute Gasteiger partial charge is 0.374 e. The molecule has 0 saturated heterocycles. The number of para-hydroxylation sites is 1. The van der Waals surface area contributed by atoms with Gasteiger partial charge >= 0.3 is 0 Å². The third-order valence-electron chi connectivity index (χ3n) is 3.39. The van der Waals surface area contributed by atoms with Crippen LogP contribution in [0.1, 0.15) is 24.5 Å². The summed E-state index contributed by atoms with van der Waals surface area (Å²) >= 11 is 1.86. The number of nitrogens with zero attached hydrogens (tertiary/aromatic N) is 1. The molecule has 2 aromatic rings. The topological polar surface area (TPSA) is 3.24 Å². The SMILES string of the molecule is CCCN(C)c1ccccc1Sc1ccc(C)cc1C. The fourth-order valence-electron chi connectivity index (χ4n) is 2.35. The van der Waals surface area contributed by atoms with Crippen molar-refractivity contribution >= 4 is 17.4 Å². The molecule has 0 aliphatic rings. The number of aryl methyl sites for hydroxylation is 2. The van der Waals surface area contributed by atoms with Gasteiger partial charge in [0.05, 0.1) is 5.69 Å². The first-order chi connectivity index (χ1) is 9.61. The highest BCUT2D eigenvalue weighted by Crippen LogP contribution is 2.36. The second kappa shape index (κ2) is 6.85. The van der Waals surface area contributed by atoms with Crippen molar-refractivity contribution in [3.8, 4) is 0 Å². The Morgan fingerprint density at radius 2 is 1.75 bits per heavy atom. The van der Waals surface area contributed by atoms with Crippen molar-refractivity contribution in [3.05, 3.63) is 53.6 Å². The monoisotopic (exact) mass is 285 g/mol. The van der Waals surface area contributed by atoms with Crippen molar-refractivity contribution < 1.29 is 0 Å². The van der Waals surface area contributed by atoms with Gasteiger partial charge in [-0.25, -0.2) is 0 Å². The first-order valence-electron chi connectivity index (χ1n) is 7.17. The average Bonchev–Trinajstić information content (AvgIpc) is 2.43. The summed E-state index contributed by atoms with van der Waals surface area (Å²) in [5.41, 5.74) is 3.99. The molecule has 0 atom stereocenters. The second-order valence-corrected chi connectivity index (χ2v) is 6.34. The van der Waals surface area contributed by atoms with Gasteiger partial charge in [-0.05, 0) is 44.0 Å². The van der Waals surface area contributed by atoms with Crippen molar-refractivity contribution in [2.75, 3.05) is 18.5 Å². The quantitative estimate of drug-likeness (QED) is 0.733. The Morgan fingerprint density at radius 1 is 1.00 bits per heavy atom. The van der Waals surface area contributed by atoms with Crippen LogP contribution in [0.4, 0.5) is 5.69 Å². The Hall–Kier alpha value is -1.41. The van der Waals surface area contributed by atoms with Gasteiger partial charge in [0.2, 0.25) is 0 Å². The van der Waals surface area contributed by atoms with E-state index >= 15 is 0 Å². The van der Waals surface area contributed by atoms with Crippen molar-refractivity contribution in [2.45, 2.75) is 37.0 Å². The molecule has 0 aliphatic carbocycles. The fraction of sp³-hybridized carbons (Fsp3) is 0.333. The molecule has 0 aliphatic heterocycles. The molecule has 0 amide bonds. The van der Waals surface area contributed by atoms with E-state index in [0.29, 0.717) is 0 Å². The van der Waals surface area contributed by atoms with E-state index in [0.717, 1.165) is 6.54 Å². The summed E-state index contributed by atoms with van der Waals surface area (Å²) in [6.07, 6.45) is 1.17. The number of hydrogen-bond donors (Lipinski definition) is 0. The molecule has 2 heteroatoms. The summed E-state index contributed by atoms with van der Waals surface area (Å²) in [6, 6.07) is 15.3. The minimum Gasteiger partial charge on any atom is -0.374 e. The van der Waals surface area contributed by atoms with Gasteiger partial charge in [0.25, 0.3) is 0 Å². The molecular formula is C18H23NS. The lowest BCUT2D eigenvalue weighted by molar-refractivity contribution is 0.844. The molecule has 0 spiro atoms. The molecule has 0 fully saturated rings. The summed E-state index contributed by atoms with van der Waals surface area (Å²) in [5.74, 6) is 0. The van der Waals surface area contributed by atoms with Crippen LogP contribution in [0, 0.1) is 13.8 Å². The van der Waals surface area contributed by atoms with Gasteiger partial charge in [-0.2, -0.15) is 0 Å². The Kier molecular flexibility index (Phi) is 5.13. The normalized spacial score (nSPS) is 10.6. The van der Waals surface area contributed by atoms with Gasteiger partial charge in [0.15, 0.2) is 0 Å². The summed E-state index contributed by atoms with van der Waals surface area (Å²) in [7, 11) is 2.17. The van der Waals surface area contributed by atoms with Crippen LogP contribution in [0.15, 0.2) is 52.3 Å². The zero-order chi connectivity index (χ0) is 14.5. The third kappa shape index (κ3) is 3.57. The van der Waals surface area contributed by atoms with Gasteiger partial charge in [-0.15, -0.1) is 0 Å². The van der Waals surface area contributed by atoms with Crippen LogP contribution in [-0.2, 0) is 0 Å². The maximum absolute atomic E-state index is 2.34. The molecule has 20 heavy (non-hydrogen) atoms. The van der Waals surface area contributed by atoms with Crippen LogP contribution >= 0.6 is 11.8 Å². The van der Waals surface area contributed by atoms with Crippen molar-refractivity contribution in [3.63, 3.8) is 0 Å². The summed E-state index contributed by atoms with van der Waals surface area (Å²) in [5, 5.41) is 0. The van der Waals surface area contributed by atoms with Gasteiger partial charge in [-0.1, -0.05) is 48.5 Å². The maximum Gasteiger partial charge on any atom is 0.0505 e. The van der Waals surface area contributed by atoms with Crippen molar-refractivity contribution in [2.24, 2.45) is 0 Å². The van der Waals surface area contributed by atoms with Crippen molar-refractivity contribution in [1.82, 2.24) is 0 Å². The van der Waals surface area contributed by atoms with Gasteiger partial charge in [0.1, 0.15) is 0 Å². The van der Waals surface area contributed by atoms with E-state index in [9.17, 15) is 0 Å². The lowest BCUT2D eigenvalue weighted by atomic mass is 10.2. The summed E-state index contributed by atoms with van der Waals surface area (Å²) in [6.45, 7) is 7.64. The average molecular weight is 285 g/mol. The van der Waals surface area contributed by atoms with Crippen LogP contribution < -0.4 is 4.90 Å². The van der Waals surface area contributed by atoms with E-state index in [1.54, 1.807) is 0 Å². The highest BCUT2D eigenvalue weighted by atomic mass is 32.2. The van der Waals surface area contributed by atoms with Crippen LogP contribution in [0.2, 0.25) is 0 Å². The lowest BCUT2D eigenvalue weighted by Gasteiger charge is -2.21. The van der Waals surface area contributed by atoms with E-state index in [2.05, 4.69) is 75.2 Å². The van der Waals surface area contributed by atoms with Crippen LogP contribution in [0.3, 0.4) is 0 Å². The molecule has 0 radical (unpaired) electrons. The summed E-state index contributed by atoms with van der Waals surface area (Å²) < 4.78 is 0. The van der Waals surface area contributed by atoms with E-state index in [1.165, 1.54) is 33.0 Å². The molecular weight excluding hydrogens is 262 g/mol. The van der Waals surface area contributed by atoms with E-state index in [4.69, 9.17) is 0 Å². The highest BCUT2D eigenvalue weighted by Gasteiger charge is 2.09. The molecule has 0 heterocycles. The maximum atomic E-state index is 2.34.